The SMILES string of the molecule is CC(=O)N[C@H](CC#N)[C@@H](O)[C@H](O)[C@H](Cc1ccccc1)NC(=O)c1coc(N(C)S(C)(C)(=O)O)n1. The fourth-order valence-electron chi connectivity index (χ4n) is 3.20. The van der Waals surface area contributed by atoms with Crippen LogP contribution in [0, 0.1) is 11.3 Å². The molecule has 0 aliphatic rings. The van der Waals surface area contributed by atoms with E-state index in [0.717, 1.165) is 28.6 Å². The number of hydrogen-bond donors (Lipinski definition) is 5. The Hall–Kier alpha value is -3.31. The molecule has 4 atom stereocenters. The number of rotatable bonds is 11. The monoisotopic (exact) mass is 509 g/mol. The van der Waals surface area contributed by atoms with Gasteiger partial charge in [0.2, 0.25) is 5.91 Å². The first-order valence-corrected chi connectivity index (χ1v) is 13.3. The van der Waals surface area contributed by atoms with Crippen molar-refractivity contribution in [1.29, 1.82) is 5.26 Å². The molecular formula is C22H31N5O7S. The highest BCUT2D eigenvalue weighted by Gasteiger charge is 2.34. The van der Waals surface area contributed by atoms with Gasteiger partial charge in [-0.1, -0.05) is 30.3 Å². The molecule has 0 fully saturated rings. The normalized spacial score (nSPS) is 16.0. The van der Waals surface area contributed by atoms with Crippen LogP contribution in [0.3, 0.4) is 0 Å². The summed E-state index contributed by atoms with van der Waals surface area (Å²) >= 11 is 0. The van der Waals surface area contributed by atoms with Crippen LogP contribution in [0.2, 0.25) is 0 Å². The standard InChI is InChI=1S/C22H31N5O7S/c1-14(28)24-16(10-11-23)19(29)20(30)17(12-15-8-6-5-7-9-15)25-21(31)18-13-34-22(26-18)27(2)35(3,4,32)33/h5-9,13,16-17,19-20,29-30H,10,12H2,1-4H3,(H,24,28)(H,25,31)(H,32,33)/t16-,17+,19-,20-/m1/s1. The van der Waals surface area contributed by atoms with E-state index in [9.17, 15) is 28.6 Å². The summed E-state index contributed by atoms with van der Waals surface area (Å²) in [5, 5.41) is 35.7. The zero-order chi connectivity index (χ0) is 26.4. The molecule has 0 aliphatic heterocycles. The molecule has 2 aromatic rings. The average Bonchev–Trinajstić information content (AvgIpc) is 3.26. The lowest BCUT2D eigenvalue weighted by atomic mass is 9.93. The summed E-state index contributed by atoms with van der Waals surface area (Å²) < 4.78 is 28.6. The highest BCUT2D eigenvalue weighted by molar-refractivity contribution is 8.15. The number of oxazole rings is 1. The zero-order valence-corrected chi connectivity index (χ0v) is 20.7. The van der Waals surface area contributed by atoms with Crippen molar-refractivity contribution in [3.63, 3.8) is 0 Å². The van der Waals surface area contributed by atoms with Crippen molar-refractivity contribution >= 4 is 27.4 Å². The lowest BCUT2D eigenvalue weighted by Gasteiger charge is -2.41. The highest BCUT2D eigenvalue weighted by Crippen LogP contribution is 2.25. The van der Waals surface area contributed by atoms with Crippen molar-refractivity contribution in [3.05, 3.63) is 47.9 Å². The molecule has 2 amide bonds. The minimum atomic E-state index is -4.22. The number of benzene rings is 1. The molecule has 192 valence electrons. The van der Waals surface area contributed by atoms with E-state index in [2.05, 4.69) is 15.6 Å². The predicted octanol–water partition coefficient (Wildman–Crippen LogP) is 0.0598. The Balaban J connectivity index is 2.29. The second-order valence-corrected chi connectivity index (χ2v) is 12.6. The number of carbonyl (C=O) groups excluding carboxylic acids is 2. The van der Waals surface area contributed by atoms with E-state index in [4.69, 9.17) is 9.68 Å². The highest BCUT2D eigenvalue weighted by atomic mass is 32.3. The van der Waals surface area contributed by atoms with Crippen LogP contribution in [0.5, 0.6) is 0 Å². The van der Waals surface area contributed by atoms with Crippen molar-refractivity contribution in [1.82, 2.24) is 15.6 Å². The number of anilines is 1. The third kappa shape index (κ3) is 7.86. The third-order valence-corrected chi connectivity index (χ3v) is 6.99. The summed E-state index contributed by atoms with van der Waals surface area (Å²) in [6, 6.07) is 8.32. The third-order valence-electron chi connectivity index (χ3n) is 5.27. The van der Waals surface area contributed by atoms with Gasteiger partial charge in [-0.25, -0.2) is 4.31 Å². The van der Waals surface area contributed by atoms with Gasteiger partial charge in [0.05, 0.1) is 24.6 Å². The van der Waals surface area contributed by atoms with Crippen LogP contribution in [0.25, 0.3) is 0 Å². The number of amides is 2. The molecule has 0 radical (unpaired) electrons. The van der Waals surface area contributed by atoms with E-state index >= 15 is 0 Å². The van der Waals surface area contributed by atoms with Crippen LogP contribution in [-0.4, -0.2) is 79.6 Å². The Morgan fingerprint density at radius 3 is 2.31 bits per heavy atom. The smallest absolute Gasteiger partial charge is 0.316 e. The number of nitrogens with zero attached hydrogens (tertiary/aromatic N) is 3. The van der Waals surface area contributed by atoms with Crippen LogP contribution >= 0.6 is 0 Å². The fourth-order valence-corrected chi connectivity index (χ4v) is 3.73. The van der Waals surface area contributed by atoms with Crippen LogP contribution in [0.1, 0.15) is 29.4 Å². The molecule has 0 spiro atoms. The molecule has 35 heavy (non-hydrogen) atoms. The first kappa shape index (κ1) is 27.9. The van der Waals surface area contributed by atoms with Gasteiger partial charge in [0.15, 0.2) is 5.69 Å². The second kappa shape index (κ2) is 11.0. The summed E-state index contributed by atoms with van der Waals surface area (Å²) in [4.78, 5) is 28.4. The number of nitriles is 1. The molecule has 13 heteroatoms. The van der Waals surface area contributed by atoms with E-state index < -0.39 is 45.6 Å². The van der Waals surface area contributed by atoms with Crippen LogP contribution in [0.4, 0.5) is 6.01 Å². The van der Waals surface area contributed by atoms with Gasteiger partial charge < -0.3 is 25.3 Å². The molecule has 1 heterocycles. The predicted molar refractivity (Wildman–Crippen MR) is 129 cm³/mol. The van der Waals surface area contributed by atoms with Crippen molar-refractivity contribution in [2.24, 2.45) is 0 Å². The van der Waals surface area contributed by atoms with Crippen LogP contribution < -0.4 is 14.9 Å². The molecule has 1 aromatic heterocycles. The Labute approximate surface area is 203 Å². The molecule has 2 rings (SSSR count). The number of aliphatic hydroxyl groups excluding tert-OH is 2. The van der Waals surface area contributed by atoms with Gasteiger partial charge in [0.1, 0.15) is 18.5 Å². The Kier molecular flexibility index (Phi) is 8.74. The second-order valence-electron chi connectivity index (χ2n) is 8.64. The van der Waals surface area contributed by atoms with E-state index in [1.54, 1.807) is 30.3 Å². The summed E-state index contributed by atoms with van der Waals surface area (Å²) in [6.07, 6.45) is -0.123. The van der Waals surface area contributed by atoms with Gasteiger partial charge in [0.25, 0.3) is 5.91 Å². The molecule has 0 bridgehead atoms. The Morgan fingerprint density at radius 2 is 1.77 bits per heavy atom. The average molecular weight is 510 g/mol. The van der Waals surface area contributed by atoms with E-state index in [0.29, 0.717) is 0 Å². The minimum Gasteiger partial charge on any atom is -0.430 e. The molecule has 0 saturated heterocycles. The molecule has 5 N–H and O–H groups in total. The van der Waals surface area contributed by atoms with Gasteiger partial charge in [-0.05, 0) is 12.0 Å². The number of aliphatic hydroxyl groups is 2. The summed E-state index contributed by atoms with van der Waals surface area (Å²) in [6.45, 7) is 1.22. The maximum absolute atomic E-state index is 12.9. The van der Waals surface area contributed by atoms with E-state index in [-0.39, 0.29) is 24.6 Å². The van der Waals surface area contributed by atoms with Gasteiger partial charge in [0, 0.05) is 26.5 Å². The van der Waals surface area contributed by atoms with Crippen LogP contribution in [0.15, 0.2) is 41.0 Å². The van der Waals surface area contributed by atoms with E-state index in [1.807, 2.05) is 6.07 Å². The molecule has 0 unspecified atom stereocenters. The topological polar surface area (TPSA) is 189 Å². The maximum atomic E-state index is 12.9. The molecule has 0 aliphatic carbocycles. The Morgan fingerprint density at radius 1 is 1.17 bits per heavy atom. The van der Waals surface area contributed by atoms with Crippen LogP contribution in [-0.2, 0) is 20.7 Å². The van der Waals surface area contributed by atoms with Gasteiger partial charge in [-0.2, -0.15) is 14.5 Å². The van der Waals surface area contributed by atoms with Crippen molar-refractivity contribution in [2.45, 2.75) is 44.1 Å². The van der Waals surface area contributed by atoms with Gasteiger partial charge >= 0.3 is 6.01 Å². The summed E-state index contributed by atoms with van der Waals surface area (Å²) in [5.74, 6) is -1.27. The largest absolute Gasteiger partial charge is 0.430 e. The molecule has 1 aromatic carbocycles. The number of hydrogen-bond acceptors (Lipinski definition) is 8. The first-order chi connectivity index (χ1) is 16.2. The summed E-state index contributed by atoms with van der Waals surface area (Å²) in [5.41, 5.74) is 0.514. The Bertz CT molecular complexity index is 1130. The lowest BCUT2D eigenvalue weighted by molar-refractivity contribution is -0.121. The van der Waals surface area contributed by atoms with Crippen molar-refractivity contribution in [2.75, 3.05) is 23.9 Å². The number of nitrogens with one attached hydrogen (secondary N) is 2. The molecule has 12 nitrogen and oxygen atoms in total. The number of carbonyl (C=O) groups is 2. The van der Waals surface area contributed by atoms with Crippen molar-refractivity contribution < 1.29 is 33.0 Å². The molecule has 0 saturated carbocycles. The minimum absolute atomic E-state index is 0.103. The quantitative estimate of drug-likeness (QED) is 0.279. The van der Waals surface area contributed by atoms with Crippen molar-refractivity contribution in [3.8, 4) is 6.07 Å². The summed E-state index contributed by atoms with van der Waals surface area (Å²) in [7, 11) is -2.93. The fraction of sp³-hybridized carbons (Fsp3) is 0.455. The van der Waals surface area contributed by atoms with E-state index in [1.165, 1.54) is 14.0 Å². The van der Waals surface area contributed by atoms with Gasteiger partial charge in [-0.15, -0.1) is 9.53 Å². The van der Waals surface area contributed by atoms with Gasteiger partial charge in [-0.3, -0.25) is 14.1 Å². The zero-order valence-electron chi connectivity index (χ0n) is 19.9. The lowest BCUT2D eigenvalue weighted by Crippen LogP contribution is -2.56. The number of aromatic nitrogens is 1. The maximum Gasteiger partial charge on any atom is 0.316 e. The first-order valence-electron chi connectivity index (χ1n) is 10.6. The molecular weight excluding hydrogens is 478 g/mol.